The summed E-state index contributed by atoms with van der Waals surface area (Å²) in [6, 6.07) is 0. The van der Waals surface area contributed by atoms with E-state index in [9.17, 15) is 19.8 Å². The molecule has 0 bridgehead atoms. The van der Waals surface area contributed by atoms with Crippen molar-refractivity contribution in [3.63, 3.8) is 0 Å². The van der Waals surface area contributed by atoms with Crippen LogP contribution in [-0.4, -0.2) is 33.1 Å². The zero-order valence-corrected chi connectivity index (χ0v) is 19.9. The minimum absolute atomic E-state index is 0.218. The van der Waals surface area contributed by atoms with Crippen molar-refractivity contribution in [1.29, 1.82) is 0 Å². The van der Waals surface area contributed by atoms with Gasteiger partial charge in [-0.05, 0) is 25.7 Å². The monoisotopic (exact) mass is 464 g/mol. The van der Waals surface area contributed by atoms with Crippen molar-refractivity contribution in [1.82, 2.24) is 0 Å². The Hall–Kier alpha value is -0.261. The molecule has 0 aromatic carbocycles. The number of aliphatic carboxylic acids is 2. The van der Waals surface area contributed by atoms with E-state index in [1.165, 1.54) is 34.6 Å². The summed E-state index contributed by atoms with van der Waals surface area (Å²) in [5.41, 5.74) is 0. The third-order valence-corrected chi connectivity index (χ3v) is 6.32. The molecule has 0 radical (unpaired) electrons. The Balaban J connectivity index is -0.000000308. The molecule has 0 fully saturated rings. The molecule has 0 N–H and O–H groups in total. The first-order chi connectivity index (χ1) is 12.0. The minimum atomic E-state index is -0.920. The summed E-state index contributed by atoms with van der Waals surface area (Å²) < 4.78 is 3.03. The Bertz CT molecular complexity index is 244. The van der Waals surface area contributed by atoms with Crippen LogP contribution in [0.15, 0.2) is 0 Å². The first kappa shape index (κ1) is 29.5. The van der Waals surface area contributed by atoms with Gasteiger partial charge < -0.3 is 19.8 Å². The van der Waals surface area contributed by atoms with Crippen LogP contribution in [-0.2, 0) is 9.59 Å². The summed E-state index contributed by atoms with van der Waals surface area (Å²) in [5.74, 6) is -1.84. The Morgan fingerprint density at radius 2 is 0.920 bits per heavy atom. The predicted molar refractivity (Wildman–Crippen MR) is 103 cm³/mol. The van der Waals surface area contributed by atoms with Crippen molar-refractivity contribution in [2.75, 3.05) is 0 Å². The van der Waals surface area contributed by atoms with Gasteiger partial charge >= 0.3 is 43.9 Å². The van der Waals surface area contributed by atoms with Gasteiger partial charge in [0.25, 0.3) is 0 Å². The van der Waals surface area contributed by atoms with Crippen molar-refractivity contribution >= 4 is 33.1 Å². The van der Waals surface area contributed by atoms with Gasteiger partial charge in [-0.1, -0.05) is 65.2 Å². The van der Waals surface area contributed by atoms with E-state index in [4.69, 9.17) is 0 Å². The van der Waals surface area contributed by atoms with Crippen molar-refractivity contribution in [2.24, 2.45) is 0 Å². The Morgan fingerprint density at radius 3 is 1.12 bits per heavy atom. The molecule has 0 atom stereocenters. The standard InChI is InChI=1S/2C8H16O2.2C2H5.Sn/c2*1-2-3-4-5-6-7-8(9)10;2*1-2;/h2*2-7H2,1H3,(H,9,10);2*1H2,2H3;/q;;;;+2/p-2. The Labute approximate surface area is 166 Å². The first-order valence-electron chi connectivity index (χ1n) is 10.1. The quantitative estimate of drug-likeness (QED) is 0.290. The Morgan fingerprint density at radius 1 is 0.600 bits per heavy atom. The van der Waals surface area contributed by atoms with Gasteiger partial charge in [0.2, 0.25) is 0 Å². The molecule has 148 valence electrons. The van der Waals surface area contributed by atoms with Crippen LogP contribution < -0.4 is 10.2 Å². The molecule has 5 heteroatoms. The average molecular weight is 463 g/mol. The third-order valence-electron chi connectivity index (χ3n) is 3.47. The molecule has 0 aliphatic carbocycles. The third kappa shape index (κ3) is 45.3. The van der Waals surface area contributed by atoms with Crippen LogP contribution in [0, 0.1) is 0 Å². The number of rotatable bonds is 14. The van der Waals surface area contributed by atoms with Crippen LogP contribution in [0.25, 0.3) is 0 Å². The molecule has 0 aliphatic rings. The second-order valence-corrected chi connectivity index (χ2v) is 11.5. The van der Waals surface area contributed by atoms with E-state index >= 15 is 0 Å². The van der Waals surface area contributed by atoms with E-state index in [-0.39, 0.29) is 34.0 Å². The summed E-state index contributed by atoms with van der Waals surface area (Å²) in [4.78, 5) is 19.8. The number of hydrogen-bond acceptors (Lipinski definition) is 4. The van der Waals surface area contributed by atoms with Crippen LogP contribution >= 0.6 is 0 Å². The molecule has 0 aromatic heterocycles. The maximum absolute atomic E-state index is 9.92. The molecule has 0 saturated carbocycles. The van der Waals surface area contributed by atoms with Crippen molar-refractivity contribution in [3.05, 3.63) is 0 Å². The normalized spacial score (nSPS) is 9.12. The van der Waals surface area contributed by atoms with Crippen molar-refractivity contribution < 1.29 is 19.8 Å². The van der Waals surface area contributed by atoms with Crippen LogP contribution in [0.1, 0.15) is 105 Å². The molecule has 4 nitrogen and oxygen atoms in total. The summed E-state index contributed by atoms with van der Waals surface area (Å²) in [7, 11) is 0. The first-order valence-corrected chi connectivity index (χ1v) is 14.1. The summed E-state index contributed by atoms with van der Waals surface area (Å²) in [6.07, 6.45) is 11.2. The van der Waals surface area contributed by atoms with Gasteiger partial charge in [0.15, 0.2) is 0 Å². The van der Waals surface area contributed by atoms with E-state index in [0.29, 0.717) is 0 Å². The van der Waals surface area contributed by atoms with Crippen LogP contribution in [0.5, 0.6) is 0 Å². The van der Waals surface area contributed by atoms with E-state index in [0.717, 1.165) is 38.5 Å². The van der Waals surface area contributed by atoms with Crippen LogP contribution in [0.3, 0.4) is 0 Å². The van der Waals surface area contributed by atoms with E-state index < -0.39 is 11.9 Å². The number of unbranched alkanes of at least 4 members (excludes halogenated alkanes) is 8. The van der Waals surface area contributed by atoms with E-state index in [1.54, 1.807) is 0 Å². The summed E-state index contributed by atoms with van der Waals surface area (Å²) in [6.45, 7) is 8.85. The molecule has 0 saturated heterocycles. The predicted octanol–water partition coefficient (Wildman–Crippen LogP) is 3.76. The number of carboxylic acid groups (broad SMARTS) is 2. The second kappa shape index (κ2) is 28.5. The molecule has 0 rings (SSSR count). The molecule has 0 amide bonds. The molecular formula is C20H40O4Sn. The van der Waals surface area contributed by atoms with Crippen LogP contribution in [0.2, 0.25) is 8.87 Å². The zero-order valence-electron chi connectivity index (χ0n) is 17.0. The van der Waals surface area contributed by atoms with Gasteiger partial charge in [0.1, 0.15) is 0 Å². The van der Waals surface area contributed by atoms with Gasteiger partial charge in [-0.25, -0.2) is 0 Å². The molecule has 0 aromatic rings. The summed E-state index contributed by atoms with van der Waals surface area (Å²) >= 11 is 0.218. The number of carboxylic acids is 2. The topological polar surface area (TPSA) is 80.3 Å². The van der Waals surface area contributed by atoms with E-state index in [1.807, 2.05) is 0 Å². The maximum atomic E-state index is 9.92. The molecule has 25 heavy (non-hydrogen) atoms. The number of hydrogen-bond donors (Lipinski definition) is 0. The van der Waals surface area contributed by atoms with Gasteiger partial charge in [0.05, 0.1) is 0 Å². The SMILES string of the molecule is CCCCCCCC(=O)[O-].CCCCCCCC(=O)[O-].C[CH2][Sn+2][CH2]C. The molecule has 0 unspecified atom stereocenters. The second-order valence-electron chi connectivity index (χ2n) is 6.03. The molecular weight excluding hydrogens is 423 g/mol. The fraction of sp³-hybridized carbons (Fsp3) is 0.900. The van der Waals surface area contributed by atoms with Crippen molar-refractivity contribution in [3.8, 4) is 0 Å². The Kier molecular flexibility index (Phi) is 33.7. The molecule has 0 spiro atoms. The molecule has 0 heterocycles. The van der Waals surface area contributed by atoms with E-state index in [2.05, 4.69) is 27.7 Å². The van der Waals surface area contributed by atoms with Gasteiger partial charge in [-0.15, -0.1) is 0 Å². The summed E-state index contributed by atoms with van der Waals surface area (Å²) in [5, 5.41) is 19.8. The fourth-order valence-corrected chi connectivity index (χ4v) is 3.42. The van der Waals surface area contributed by atoms with Crippen LogP contribution in [0.4, 0.5) is 0 Å². The van der Waals surface area contributed by atoms with Gasteiger partial charge in [0, 0.05) is 11.9 Å². The zero-order chi connectivity index (χ0) is 19.8. The molecule has 0 aliphatic heterocycles. The fourth-order valence-electron chi connectivity index (χ4n) is 2.00. The van der Waals surface area contributed by atoms with Gasteiger partial charge in [-0.2, -0.15) is 0 Å². The van der Waals surface area contributed by atoms with Gasteiger partial charge in [-0.3, -0.25) is 0 Å². The average Bonchev–Trinajstić information content (AvgIpc) is 2.56. The van der Waals surface area contributed by atoms with Crippen molar-refractivity contribution in [2.45, 2.75) is 114 Å². The number of carbonyl (C=O) groups is 2. The number of carbonyl (C=O) groups excluding carboxylic acids is 2.